The lowest BCUT2D eigenvalue weighted by Gasteiger charge is -2.30. The van der Waals surface area contributed by atoms with E-state index in [0.717, 1.165) is 24.8 Å². The topological polar surface area (TPSA) is 34.1 Å². The molecule has 2 saturated carbocycles. The van der Waals surface area contributed by atoms with Crippen LogP contribution >= 0.6 is 0 Å². The Kier molecular flexibility index (Phi) is 2.31. The molecule has 2 aliphatic carbocycles. The van der Waals surface area contributed by atoms with E-state index in [4.69, 9.17) is 0 Å². The van der Waals surface area contributed by atoms with Gasteiger partial charge in [-0.3, -0.25) is 0 Å². The SMILES string of the molecule is C=C1[C@H]2CC[C@H](C2)[C@H]1S(=O)(=O)C(C)(C)C. The van der Waals surface area contributed by atoms with E-state index in [9.17, 15) is 8.42 Å². The van der Waals surface area contributed by atoms with Crippen molar-refractivity contribution < 1.29 is 8.42 Å². The molecule has 0 spiro atoms. The molecular weight excluding hydrogens is 208 g/mol. The molecule has 0 N–H and O–H groups in total. The van der Waals surface area contributed by atoms with Gasteiger partial charge >= 0.3 is 0 Å². The average molecular weight is 228 g/mol. The van der Waals surface area contributed by atoms with Crippen LogP contribution in [-0.2, 0) is 9.84 Å². The first kappa shape index (κ1) is 11.2. The van der Waals surface area contributed by atoms with Gasteiger partial charge in [0, 0.05) is 0 Å². The van der Waals surface area contributed by atoms with E-state index in [1.54, 1.807) is 20.8 Å². The Labute approximate surface area is 92.7 Å². The van der Waals surface area contributed by atoms with Gasteiger partial charge in [0.05, 0.1) is 10.00 Å². The normalized spacial score (nSPS) is 36.2. The fourth-order valence-electron chi connectivity index (χ4n) is 3.00. The van der Waals surface area contributed by atoms with Crippen LogP contribution in [0.2, 0.25) is 0 Å². The van der Waals surface area contributed by atoms with Gasteiger partial charge in [-0.25, -0.2) is 8.42 Å². The monoisotopic (exact) mass is 228 g/mol. The summed E-state index contributed by atoms with van der Waals surface area (Å²) in [6, 6.07) is 0. The molecule has 0 unspecified atom stereocenters. The number of hydrogen-bond acceptors (Lipinski definition) is 2. The van der Waals surface area contributed by atoms with Crippen LogP contribution in [-0.4, -0.2) is 18.4 Å². The summed E-state index contributed by atoms with van der Waals surface area (Å²) in [6.45, 7) is 9.40. The second kappa shape index (κ2) is 3.09. The van der Waals surface area contributed by atoms with Crippen molar-refractivity contribution in [1.82, 2.24) is 0 Å². The third kappa shape index (κ3) is 1.47. The molecule has 0 aromatic heterocycles. The predicted molar refractivity (Wildman–Crippen MR) is 62.4 cm³/mol. The third-order valence-corrected chi connectivity index (χ3v) is 7.04. The molecule has 0 aromatic carbocycles. The molecule has 2 bridgehead atoms. The number of sulfone groups is 1. The third-order valence-electron chi connectivity index (χ3n) is 3.98. The van der Waals surface area contributed by atoms with Gasteiger partial charge in [0.1, 0.15) is 0 Å². The number of rotatable bonds is 1. The summed E-state index contributed by atoms with van der Waals surface area (Å²) in [7, 11) is -3.06. The molecule has 0 saturated heterocycles. The second-order valence-corrected chi connectivity index (χ2v) is 8.75. The van der Waals surface area contributed by atoms with Gasteiger partial charge in [-0.2, -0.15) is 0 Å². The molecule has 0 aromatic rings. The van der Waals surface area contributed by atoms with Gasteiger partial charge in [0.2, 0.25) is 0 Å². The Hall–Kier alpha value is -0.310. The summed E-state index contributed by atoms with van der Waals surface area (Å²) in [4.78, 5) is 0. The molecule has 3 atom stereocenters. The predicted octanol–water partition coefficient (Wildman–Crippen LogP) is 2.55. The zero-order chi connectivity index (χ0) is 11.4. The van der Waals surface area contributed by atoms with Crippen LogP contribution in [0.4, 0.5) is 0 Å². The maximum atomic E-state index is 12.4. The molecule has 0 heterocycles. The summed E-state index contributed by atoms with van der Waals surface area (Å²) < 4.78 is 24.1. The van der Waals surface area contributed by atoms with Crippen LogP contribution in [0.25, 0.3) is 0 Å². The van der Waals surface area contributed by atoms with Crippen molar-refractivity contribution in [3.8, 4) is 0 Å². The second-order valence-electron chi connectivity index (χ2n) is 5.92. The van der Waals surface area contributed by atoms with Crippen molar-refractivity contribution in [3.63, 3.8) is 0 Å². The lowest BCUT2D eigenvalue weighted by molar-refractivity contribution is 0.502. The smallest absolute Gasteiger partial charge is 0.162 e. The van der Waals surface area contributed by atoms with Gasteiger partial charge in [-0.1, -0.05) is 12.2 Å². The van der Waals surface area contributed by atoms with Crippen LogP contribution in [0.5, 0.6) is 0 Å². The molecule has 2 rings (SSSR count). The fraction of sp³-hybridized carbons (Fsp3) is 0.833. The Balaban J connectivity index is 2.38. The van der Waals surface area contributed by atoms with Crippen molar-refractivity contribution in [2.24, 2.45) is 11.8 Å². The Bertz CT molecular complexity index is 386. The minimum absolute atomic E-state index is 0.253. The highest BCUT2D eigenvalue weighted by atomic mass is 32.2. The lowest BCUT2D eigenvalue weighted by atomic mass is 9.96. The molecule has 86 valence electrons. The van der Waals surface area contributed by atoms with E-state index in [2.05, 4.69) is 6.58 Å². The highest BCUT2D eigenvalue weighted by molar-refractivity contribution is 7.93. The Morgan fingerprint density at radius 3 is 2.27 bits per heavy atom. The van der Waals surface area contributed by atoms with Crippen LogP contribution in [0.1, 0.15) is 40.0 Å². The van der Waals surface area contributed by atoms with Gasteiger partial charge in [0.15, 0.2) is 9.84 Å². The molecule has 2 fully saturated rings. The fourth-order valence-corrected chi connectivity index (χ4v) is 5.10. The van der Waals surface area contributed by atoms with E-state index < -0.39 is 14.6 Å². The highest BCUT2D eigenvalue weighted by Crippen LogP contribution is 2.51. The quantitative estimate of drug-likeness (QED) is 0.646. The summed E-state index contributed by atoms with van der Waals surface area (Å²) in [5, 5.41) is -0.253. The molecule has 0 radical (unpaired) electrons. The van der Waals surface area contributed by atoms with Crippen LogP contribution in [0.15, 0.2) is 12.2 Å². The number of hydrogen-bond donors (Lipinski definition) is 0. The van der Waals surface area contributed by atoms with Gasteiger partial charge in [0.25, 0.3) is 0 Å². The maximum absolute atomic E-state index is 12.4. The van der Waals surface area contributed by atoms with E-state index in [-0.39, 0.29) is 5.25 Å². The molecule has 0 amide bonds. The molecule has 0 aliphatic heterocycles. The molecule has 3 heteroatoms. The standard InChI is InChI=1S/C12H20O2S/c1-8-9-5-6-10(7-9)11(8)15(13,14)12(2,3)4/h9-11H,1,5-7H2,2-4H3/t9-,10+,11-/m0/s1. The highest BCUT2D eigenvalue weighted by Gasteiger charge is 2.51. The minimum Gasteiger partial charge on any atom is -0.228 e. The van der Waals surface area contributed by atoms with E-state index in [1.165, 1.54) is 0 Å². The zero-order valence-electron chi connectivity index (χ0n) is 9.79. The minimum atomic E-state index is -3.06. The van der Waals surface area contributed by atoms with E-state index >= 15 is 0 Å². The average Bonchev–Trinajstić information content (AvgIpc) is 2.60. The first-order valence-corrected chi connectivity index (χ1v) is 7.22. The number of fused-ring (bicyclic) bond motifs is 2. The van der Waals surface area contributed by atoms with Crippen LogP contribution in [0, 0.1) is 11.8 Å². The van der Waals surface area contributed by atoms with E-state index in [0.29, 0.717) is 11.8 Å². The summed E-state index contributed by atoms with van der Waals surface area (Å²) in [5.41, 5.74) is 0.987. The maximum Gasteiger partial charge on any atom is 0.162 e. The van der Waals surface area contributed by atoms with Crippen LogP contribution < -0.4 is 0 Å². The first-order valence-electron chi connectivity index (χ1n) is 5.67. The largest absolute Gasteiger partial charge is 0.228 e. The lowest BCUT2D eigenvalue weighted by Crippen LogP contribution is -2.40. The van der Waals surface area contributed by atoms with Crippen molar-refractivity contribution in [3.05, 3.63) is 12.2 Å². The summed E-state index contributed by atoms with van der Waals surface area (Å²) in [5.74, 6) is 0.837. The molecule has 2 nitrogen and oxygen atoms in total. The Morgan fingerprint density at radius 1 is 1.27 bits per heavy atom. The van der Waals surface area contributed by atoms with E-state index in [1.807, 2.05) is 0 Å². The van der Waals surface area contributed by atoms with Crippen molar-refractivity contribution in [2.75, 3.05) is 0 Å². The zero-order valence-corrected chi connectivity index (χ0v) is 10.6. The van der Waals surface area contributed by atoms with Gasteiger partial charge in [-0.15, -0.1) is 0 Å². The molecule has 2 aliphatic rings. The first-order chi connectivity index (χ1) is 6.75. The van der Waals surface area contributed by atoms with Crippen molar-refractivity contribution in [1.29, 1.82) is 0 Å². The summed E-state index contributed by atoms with van der Waals surface area (Å²) in [6.07, 6.45) is 3.28. The summed E-state index contributed by atoms with van der Waals surface area (Å²) >= 11 is 0. The Morgan fingerprint density at radius 2 is 1.87 bits per heavy atom. The van der Waals surface area contributed by atoms with Crippen molar-refractivity contribution >= 4 is 9.84 Å². The van der Waals surface area contributed by atoms with Gasteiger partial charge in [-0.05, 0) is 51.9 Å². The van der Waals surface area contributed by atoms with Crippen molar-refractivity contribution in [2.45, 2.75) is 50.0 Å². The van der Waals surface area contributed by atoms with Crippen LogP contribution in [0.3, 0.4) is 0 Å². The molecular formula is C12H20O2S. The van der Waals surface area contributed by atoms with Gasteiger partial charge < -0.3 is 0 Å². The molecule has 15 heavy (non-hydrogen) atoms.